The Balaban J connectivity index is 1.27. The first kappa shape index (κ1) is 17.9. The number of fused-ring (bicyclic) bond motifs is 1. The Kier molecular flexibility index (Phi) is 4.64. The molecule has 27 heavy (non-hydrogen) atoms. The first-order valence-corrected chi connectivity index (χ1v) is 11.2. The molecule has 3 N–H and O–H groups in total. The summed E-state index contributed by atoms with van der Waals surface area (Å²) in [6.07, 6.45) is 15.9. The van der Waals surface area contributed by atoms with Crippen molar-refractivity contribution in [1.82, 2.24) is 5.32 Å². The third-order valence-electron chi connectivity index (χ3n) is 7.32. The average Bonchev–Trinajstić information content (AvgIpc) is 3.58. The molecule has 0 spiro atoms. The normalized spacial score (nSPS) is 31.1. The van der Waals surface area contributed by atoms with Gasteiger partial charge in [-0.1, -0.05) is 24.4 Å². The van der Waals surface area contributed by atoms with Crippen LogP contribution in [0, 0.1) is 17.3 Å². The van der Waals surface area contributed by atoms with Crippen LogP contribution >= 0.6 is 11.6 Å². The highest BCUT2D eigenvalue weighted by Gasteiger charge is 2.48. The number of nitrogens with two attached hydrogens (primary N) is 1. The lowest BCUT2D eigenvalue weighted by Gasteiger charge is -2.45. The van der Waals surface area contributed by atoms with Crippen LogP contribution in [0.4, 0.5) is 0 Å². The summed E-state index contributed by atoms with van der Waals surface area (Å²) in [5.74, 6) is 2.58. The summed E-state index contributed by atoms with van der Waals surface area (Å²) < 4.78 is 6.39. The van der Waals surface area contributed by atoms with Crippen molar-refractivity contribution < 1.29 is 4.74 Å². The van der Waals surface area contributed by atoms with Gasteiger partial charge in [0.2, 0.25) is 0 Å². The molecule has 3 nitrogen and oxygen atoms in total. The molecule has 0 bridgehead atoms. The maximum atomic E-state index is 6.79. The maximum absolute atomic E-state index is 6.79. The molecule has 3 saturated carbocycles. The minimum absolute atomic E-state index is 0.268. The molecule has 1 aliphatic heterocycles. The molecule has 4 heteroatoms. The fourth-order valence-corrected chi connectivity index (χ4v) is 5.55. The van der Waals surface area contributed by atoms with Gasteiger partial charge < -0.3 is 15.8 Å². The van der Waals surface area contributed by atoms with E-state index in [0.29, 0.717) is 11.5 Å². The van der Waals surface area contributed by atoms with E-state index < -0.39 is 0 Å². The van der Waals surface area contributed by atoms with Crippen LogP contribution in [-0.4, -0.2) is 12.1 Å². The Morgan fingerprint density at radius 1 is 1.15 bits per heavy atom. The smallest absolute Gasteiger partial charge is 0.138 e. The first-order valence-electron chi connectivity index (χ1n) is 10.8. The molecule has 3 aliphatic carbocycles. The predicted octanol–water partition coefficient (Wildman–Crippen LogP) is 5.26. The SMILES string of the molecule is NC(C1CC1)C1(CC2CC2)CCC(Oc2cc3c(cc2Cl)CNC=C3)CC1. The second-order valence-electron chi connectivity index (χ2n) is 9.39. The van der Waals surface area contributed by atoms with Crippen molar-refractivity contribution >= 4 is 17.7 Å². The van der Waals surface area contributed by atoms with Crippen molar-refractivity contribution in [2.75, 3.05) is 0 Å². The number of benzene rings is 1. The molecule has 1 aromatic carbocycles. The highest BCUT2D eigenvalue weighted by molar-refractivity contribution is 6.32. The zero-order valence-electron chi connectivity index (χ0n) is 16.1. The molecule has 146 valence electrons. The summed E-state index contributed by atoms with van der Waals surface area (Å²) in [5.41, 5.74) is 9.60. The Hall–Kier alpha value is -1.19. The molecular weight excluding hydrogens is 356 g/mol. The maximum Gasteiger partial charge on any atom is 0.138 e. The molecule has 0 amide bonds. The fraction of sp³-hybridized carbons (Fsp3) is 0.652. The number of ether oxygens (including phenoxy) is 1. The van der Waals surface area contributed by atoms with Crippen molar-refractivity contribution in [3.8, 4) is 5.75 Å². The van der Waals surface area contributed by atoms with Crippen LogP contribution in [-0.2, 0) is 6.54 Å². The van der Waals surface area contributed by atoms with E-state index in [1.54, 1.807) is 0 Å². The molecule has 0 radical (unpaired) electrons. The van der Waals surface area contributed by atoms with Crippen LogP contribution in [0.15, 0.2) is 18.3 Å². The van der Waals surface area contributed by atoms with Crippen LogP contribution in [0.3, 0.4) is 0 Å². The van der Waals surface area contributed by atoms with Gasteiger partial charge in [0.25, 0.3) is 0 Å². The Bertz CT molecular complexity index is 730. The Morgan fingerprint density at radius 3 is 2.63 bits per heavy atom. The third-order valence-corrected chi connectivity index (χ3v) is 7.61. The standard InChI is InChI=1S/C23H31ClN2O/c24-20-11-18-14-26-10-7-17(18)12-21(20)27-19-5-8-23(9-6-19,13-15-1-2-15)22(25)16-3-4-16/h7,10-12,15-16,19,22,26H,1-6,8-9,13-14,25H2. The molecule has 0 aromatic heterocycles. The van der Waals surface area contributed by atoms with E-state index in [4.69, 9.17) is 22.1 Å². The lowest BCUT2D eigenvalue weighted by Crippen LogP contribution is -2.47. The summed E-state index contributed by atoms with van der Waals surface area (Å²) in [6.45, 7) is 0.831. The fourth-order valence-electron chi connectivity index (χ4n) is 5.32. The van der Waals surface area contributed by atoms with Gasteiger partial charge in [-0.2, -0.15) is 0 Å². The third kappa shape index (κ3) is 3.73. The summed E-state index contributed by atoms with van der Waals surface area (Å²) in [6, 6.07) is 4.56. The van der Waals surface area contributed by atoms with Gasteiger partial charge in [-0.15, -0.1) is 0 Å². The number of halogens is 1. The molecular formula is C23H31ClN2O. The van der Waals surface area contributed by atoms with Crippen molar-refractivity contribution in [1.29, 1.82) is 0 Å². The summed E-state index contributed by atoms with van der Waals surface area (Å²) in [4.78, 5) is 0. The lowest BCUT2D eigenvalue weighted by molar-refractivity contribution is 0.0447. The molecule has 1 atom stereocenters. The second-order valence-corrected chi connectivity index (χ2v) is 9.79. The zero-order valence-corrected chi connectivity index (χ0v) is 16.8. The predicted molar refractivity (Wildman–Crippen MR) is 111 cm³/mol. The van der Waals surface area contributed by atoms with E-state index in [9.17, 15) is 0 Å². The van der Waals surface area contributed by atoms with E-state index in [0.717, 1.165) is 42.0 Å². The van der Waals surface area contributed by atoms with Gasteiger partial charge in [-0.25, -0.2) is 0 Å². The minimum Gasteiger partial charge on any atom is -0.489 e. The molecule has 1 unspecified atom stereocenters. The van der Waals surface area contributed by atoms with Crippen LogP contribution in [0.5, 0.6) is 5.75 Å². The van der Waals surface area contributed by atoms with Gasteiger partial charge in [-0.3, -0.25) is 0 Å². The van der Waals surface area contributed by atoms with Crippen LogP contribution in [0.1, 0.15) is 68.9 Å². The van der Waals surface area contributed by atoms with Gasteiger partial charge in [0.15, 0.2) is 0 Å². The molecule has 1 heterocycles. The van der Waals surface area contributed by atoms with E-state index in [2.05, 4.69) is 17.5 Å². The molecule has 0 saturated heterocycles. The van der Waals surface area contributed by atoms with Gasteiger partial charge in [0, 0.05) is 12.6 Å². The number of hydrogen-bond donors (Lipinski definition) is 2. The minimum atomic E-state index is 0.268. The van der Waals surface area contributed by atoms with E-state index in [-0.39, 0.29) is 6.10 Å². The number of nitrogens with one attached hydrogen (secondary N) is 1. The van der Waals surface area contributed by atoms with E-state index in [1.165, 1.54) is 56.1 Å². The van der Waals surface area contributed by atoms with Crippen LogP contribution in [0.25, 0.3) is 6.08 Å². The van der Waals surface area contributed by atoms with Crippen LogP contribution in [0.2, 0.25) is 5.02 Å². The van der Waals surface area contributed by atoms with E-state index in [1.807, 2.05) is 12.3 Å². The van der Waals surface area contributed by atoms with Gasteiger partial charge in [0.1, 0.15) is 5.75 Å². The zero-order chi connectivity index (χ0) is 18.4. The van der Waals surface area contributed by atoms with Gasteiger partial charge in [-0.05, 0) is 97.7 Å². The highest BCUT2D eigenvalue weighted by atomic mass is 35.5. The summed E-state index contributed by atoms with van der Waals surface area (Å²) in [5, 5.41) is 3.96. The largest absolute Gasteiger partial charge is 0.489 e. The van der Waals surface area contributed by atoms with E-state index >= 15 is 0 Å². The second kappa shape index (κ2) is 7.00. The van der Waals surface area contributed by atoms with Crippen molar-refractivity contribution in [2.24, 2.45) is 23.0 Å². The summed E-state index contributed by atoms with van der Waals surface area (Å²) >= 11 is 6.52. The summed E-state index contributed by atoms with van der Waals surface area (Å²) in [7, 11) is 0. The van der Waals surface area contributed by atoms with Crippen molar-refractivity contribution in [2.45, 2.75) is 76.5 Å². The highest BCUT2D eigenvalue weighted by Crippen LogP contribution is 2.54. The molecule has 4 aliphatic rings. The first-order chi connectivity index (χ1) is 13.1. The molecule has 1 aromatic rings. The van der Waals surface area contributed by atoms with Crippen molar-refractivity contribution in [3.63, 3.8) is 0 Å². The Morgan fingerprint density at radius 2 is 1.93 bits per heavy atom. The average molecular weight is 387 g/mol. The van der Waals surface area contributed by atoms with Gasteiger partial charge >= 0.3 is 0 Å². The van der Waals surface area contributed by atoms with Crippen molar-refractivity contribution in [3.05, 3.63) is 34.5 Å². The quantitative estimate of drug-likeness (QED) is 0.701. The Labute approximate surface area is 167 Å². The molecule has 5 rings (SSSR count). The topological polar surface area (TPSA) is 47.3 Å². The lowest BCUT2D eigenvalue weighted by atomic mass is 9.64. The van der Waals surface area contributed by atoms with Crippen LogP contribution < -0.4 is 15.8 Å². The number of rotatable bonds is 6. The number of hydrogen-bond acceptors (Lipinski definition) is 3. The van der Waals surface area contributed by atoms with Gasteiger partial charge in [0.05, 0.1) is 11.1 Å². The molecule has 3 fully saturated rings. The monoisotopic (exact) mass is 386 g/mol.